The van der Waals surface area contributed by atoms with Crippen LogP contribution < -0.4 is 16.4 Å². The van der Waals surface area contributed by atoms with Crippen molar-refractivity contribution in [2.24, 2.45) is 10.7 Å². The number of fused-ring (bicyclic) bond motifs is 1. The molecule has 1 amide bonds. The largest absolute Gasteiger partial charge is 0.354 e. The maximum atomic E-state index is 14.6. The number of hydrogen-bond acceptors (Lipinski definition) is 4. The van der Waals surface area contributed by atoms with Gasteiger partial charge in [0.2, 0.25) is 0 Å². The lowest BCUT2D eigenvalue weighted by molar-refractivity contribution is 0.0952. The summed E-state index contributed by atoms with van der Waals surface area (Å²) >= 11 is 5.72. The number of hydrogen-bond donors (Lipinski definition) is 3. The molecule has 0 unspecified atom stereocenters. The number of rotatable bonds is 8. The molecular weight excluding hydrogens is 494 g/mol. The van der Waals surface area contributed by atoms with Gasteiger partial charge in [-0.1, -0.05) is 42.8 Å². The molecule has 0 radical (unpaired) electrons. The minimum absolute atomic E-state index is 0.113. The van der Waals surface area contributed by atoms with Gasteiger partial charge in [0.25, 0.3) is 5.91 Å². The third kappa shape index (κ3) is 6.06. The van der Waals surface area contributed by atoms with Gasteiger partial charge in [0.15, 0.2) is 11.6 Å². The van der Waals surface area contributed by atoms with E-state index in [0.29, 0.717) is 43.5 Å². The van der Waals surface area contributed by atoms with Crippen LogP contribution >= 0.6 is 11.6 Å². The first-order chi connectivity index (χ1) is 17.9. The quantitative estimate of drug-likeness (QED) is 0.280. The average molecular weight is 523 g/mol. The first-order valence-corrected chi connectivity index (χ1v) is 12.7. The van der Waals surface area contributed by atoms with E-state index in [4.69, 9.17) is 17.3 Å². The number of carbonyl (C=O) groups is 1. The third-order valence-electron chi connectivity index (χ3n) is 6.24. The molecule has 8 heteroatoms. The molecule has 0 atom stereocenters. The van der Waals surface area contributed by atoms with Gasteiger partial charge >= 0.3 is 0 Å². The summed E-state index contributed by atoms with van der Waals surface area (Å²) in [5.74, 6) is -2.16. The highest BCUT2D eigenvalue weighted by Crippen LogP contribution is 2.34. The number of benzene rings is 2. The number of amides is 1. The van der Waals surface area contributed by atoms with Gasteiger partial charge in [0, 0.05) is 36.0 Å². The average Bonchev–Trinajstić information content (AvgIpc) is 2.89. The van der Waals surface area contributed by atoms with Crippen molar-refractivity contribution >= 4 is 34.5 Å². The lowest BCUT2D eigenvalue weighted by atomic mass is 9.91. The van der Waals surface area contributed by atoms with Crippen molar-refractivity contribution in [2.45, 2.75) is 32.6 Å². The summed E-state index contributed by atoms with van der Waals surface area (Å²) in [6, 6.07) is 8.47. The number of nitrogens with one attached hydrogen (secondary N) is 2. The van der Waals surface area contributed by atoms with Gasteiger partial charge in [-0.2, -0.15) is 0 Å². The van der Waals surface area contributed by atoms with E-state index in [1.807, 2.05) is 49.4 Å². The van der Waals surface area contributed by atoms with E-state index >= 15 is 0 Å². The molecule has 4 N–H and O–H groups in total. The Morgan fingerprint density at radius 1 is 1.16 bits per heavy atom. The van der Waals surface area contributed by atoms with Gasteiger partial charge in [0.1, 0.15) is 0 Å². The zero-order valence-electron chi connectivity index (χ0n) is 20.6. The van der Waals surface area contributed by atoms with Crippen molar-refractivity contribution in [2.75, 3.05) is 18.4 Å². The number of nitrogens with zero attached hydrogens (tertiary/aromatic N) is 1. The fourth-order valence-electron chi connectivity index (χ4n) is 4.27. The summed E-state index contributed by atoms with van der Waals surface area (Å²) in [5, 5.41) is 6.10. The maximum Gasteiger partial charge on any atom is 0.251 e. The van der Waals surface area contributed by atoms with Gasteiger partial charge in [0.05, 0.1) is 16.4 Å². The second-order valence-electron chi connectivity index (χ2n) is 8.75. The molecular formula is C29H29ClF2N4O. The standard InChI is InChI=1S/C29H29ClF2N4O/c1-2-18-16-21(9-10-23(18)29(37)34-14-6-13-33)36-25-8-5-3-4-7-19-15-20(17-35-28(19)25)22-11-12-24(30)27(32)26(22)31/h3-4,7-12,16-17,36H,2,5-6,13-15,33H2,1H3,(H,34,37)/b4-3-,19-7-,25-8-. The van der Waals surface area contributed by atoms with Crippen molar-refractivity contribution < 1.29 is 13.6 Å². The van der Waals surface area contributed by atoms with E-state index in [0.717, 1.165) is 34.7 Å². The normalized spacial score (nSPS) is 18.6. The number of carbonyl (C=O) groups excluding carboxylic acids is 1. The molecule has 37 heavy (non-hydrogen) atoms. The summed E-state index contributed by atoms with van der Waals surface area (Å²) in [6.07, 6.45) is 12.0. The summed E-state index contributed by atoms with van der Waals surface area (Å²) in [6.45, 7) is 3.07. The molecule has 0 bridgehead atoms. The maximum absolute atomic E-state index is 14.6. The predicted octanol–water partition coefficient (Wildman–Crippen LogP) is 6.33. The SMILES string of the molecule is CCc1cc(N/C2=C\C/C=C\C=C3\CC(c4ccc(Cl)c(F)c4F)=CN=C32)ccc1C(=O)NCCCN. The summed E-state index contributed by atoms with van der Waals surface area (Å²) in [5.41, 5.74) is 11.0. The summed E-state index contributed by atoms with van der Waals surface area (Å²) in [4.78, 5) is 17.2. The van der Waals surface area contributed by atoms with Crippen LogP contribution in [0, 0.1) is 11.6 Å². The fourth-order valence-corrected chi connectivity index (χ4v) is 4.42. The third-order valence-corrected chi connectivity index (χ3v) is 6.53. The van der Waals surface area contributed by atoms with Crippen LogP contribution in [0.2, 0.25) is 5.02 Å². The van der Waals surface area contributed by atoms with Gasteiger partial charge in [-0.05, 0) is 72.8 Å². The number of aliphatic imine (C=N–C) groups is 1. The van der Waals surface area contributed by atoms with Gasteiger partial charge in [-0.3, -0.25) is 9.79 Å². The van der Waals surface area contributed by atoms with Crippen LogP contribution in [0.3, 0.4) is 0 Å². The highest BCUT2D eigenvalue weighted by Gasteiger charge is 2.23. The molecule has 0 saturated heterocycles. The Balaban J connectivity index is 1.62. The van der Waals surface area contributed by atoms with Crippen molar-refractivity contribution in [3.8, 4) is 0 Å². The van der Waals surface area contributed by atoms with Gasteiger partial charge in [-0.25, -0.2) is 8.78 Å². The molecule has 1 aliphatic heterocycles. The van der Waals surface area contributed by atoms with Crippen LogP contribution in [-0.2, 0) is 6.42 Å². The molecule has 192 valence electrons. The van der Waals surface area contributed by atoms with Crippen LogP contribution in [0.5, 0.6) is 0 Å². The van der Waals surface area contributed by atoms with Crippen LogP contribution in [-0.4, -0.2) is 24.7 Å². The Hall–Kier alpha value is -3.55. The number of aryl methyl sites for hydroxylation is 1. The van der Waals surface area contributed by atoms with Gasteiger partial charge in [-0.15, -0.1) is 0 Å². The smallest absolute Gasteiger partial charge is 0.251 e. The van der Waals surface area contributed by atoms with Gasteiger partial charge < -0.3 is 16.4 Å². The molecule has 2 aromatic carbocycles. The zero-order valence-corrected chi connectivity index (χ0v) is 21.3. The van der Waals surface area contributed by atoms with Crippen molar-refractivity contribution in [1.29, 1.82) is 0 Å². The van der Waals surface area contributed by atoms with Crippen molar-refractivity contribution in [1.82, 2.24) is 5.32 Å². The highest BCUT2D eigenvalue weighted by atomic mass is 35.5. The monoisotopic (exact) mass is 522 g/mol. The Bertz CT molecular complexity index is 1360. The van der Waals surface area contributed by atoms with Crippen molar-refractivity contribution in [3.05, 3.63) is 105 Å². The first kappa shape index (κ1) is 26.5. The second-order valence-corrected chi connectivity index (χ2v) is 9.16. The summed E-state index contributed by atoms with van der Waals surface area (Å²) in [7, 11) is 0. The Kier molecular flexibility index (Phi) is 8.69. The van der Waals surface area contributed by atoms with E-state index in [9.17, 15) is 13.6 Å². The van der Waals surface area contributed by atoms with Crippen molar-refractivity contribution in [3.63, 3.8) is 0 Å². The lowest BCUT2D eigenvalue weighted by Crippen LogP contribution is -2.27. The Labute approximate surface area is 220 Å². The molecule has 5 nitrogen and oxygen atoms in total. The topological polar surface area (TPSA) is 79.5 Å². The molecule has 0 fully saturated rings. The molecule has 1 aliphatic carbocycles. The second kappa shape index (κ2) is 12.1. The van der Waals surface area contributed by atoms with Crippen LogP contribution in [0.25, 0.3) is 5.57 Å². The molecule has 0 spiro atoms. The van der Waals surface area contributed by atoms with E-state index in [-0.39, 0.29) is 16.5 Å². The van der Waals surface area contributed by atoms with Crippen LogP contribution in [0.15, 0.2) is 77.1 Å². The molecule has 0 aromatic heterocycles. The Morgan fingerprint density at radius 2 is 2.00 bits per heavy atom. The molecule has 1 heterocycles. The number of halogens is 3. The minimum Gasteiger partial charge on any atom is -0.354 e. The molecule has 2 aromatic rings. The fraction of sp³-hybridized carbons (Fsp3) is 0.241. The van der Waals surface area contributed by atoms with E-state index in [1.54, 1.807) is 6.20 Å². The molecule has 4 rings (SSSR count). The highest BCUT2D eigenvalue weighted by molar-refractivity contribution is 6.30. The van der Waals surface area contributed by atoms with Crippen LogP contribution in [0.1, 0.15) is 47.7 Å². The first-order valence-electron chi connectivity index (χ1n) is 12.3. The lowest BCUT2D eigenvalue weighted by Gasteiger charge is -2.22. The zero-order chi connectivity index (χ0) is 26.4. The Morgan fingerprint density at radius 3 is 2.78 bits per heavy atom. The van der Waals surface area contributed by atoms with E-state index in [1.165, 1.54) is 12.1 Å². The minimum atomic E-state index is -1.06. The van der Waals surface area contributed by atoms with E-state index < -0.39 is 11.6 Å². The number of allylic oxidation sites excluding steroid dienone is 6. The number of anilines is 1. The predicted molar refractivity (Wildman–Crippen MR) is 147 cm³/mol. The molecule has 0 saturated carbocycles. The summed E-state index contributed by atoms with van der Waals surface area (Å²) < 4.78 is 28.7. The van der Waals surface area contributed by atoms with E-state index in [2.05, 4.69) is 15.6 Å². The molecule has 2 aliphatic rings. The number of nitrogens with two attached hydrogens (primary N) is 1. The van der Waals surface area contributed by atoms with Crippen LogP contribution in [0.4, 0.5) is 14.5 Å².